The topological polar surface area (TPSA) is 95.0 Å². The van der Waals surface area contributed by atoms with E-state index in [4.69, 9.17) is 4.74 Å². The van der Waals surface area contributed by atoms with Crippen molar-refractivity contribution in [2.45, 2.75) is 57.8 Å². The lowest BCUT2D eigenvalue weighted by atomic mass is 10.1. The van der Waals surface area contributed by atoms with Crippen LogP contribution in [0.4, 0.5) is 15.6 Å². The molecular formula is C29H36N4O4S. The van der Waals surface area contributed by atoms with E-state index in [2.05, 4.69) is 15.2 Å². The molecule has 2 amide bonds. The monoisotopic (exact) mass is 536 g/mol. The molecule has 202 valence electrons. The molecule has 1 aliphatic heterocycles. The number of aliphatic hydroxyl groups is 1. The fourth-order valence-electron chi connectivity index (χ4n) is 4.44. The number of thiazole rings is 1. The van der Waals surface area contributed by atoms with Crippen molar-refractivity contribution in [3.63, 3.8) is 0 Å². The molecule has 2 N–H and O–H groups in total. The Labute approximate surface area is 228 Å². The van der Waals surface area contributed by atoms with Gasteiger partial charge >= 0.3 is 6.09 Å². The van der Waals surface area contributed by atoms with Crippen LogP contribution in [0.3, 0.4) is 0 Å². The lowest BCUT2D eigenvalue weighted by Gasteiger charge is -2.29. The number of hydrogen-bond donors (Lipinski definition) is 2. The summed E-state index contributed by atoms with van der Waals surface area (Å²) < 4.78 is 5.59. The maximum absolute atomic E-state index is 13.0. The Morgan fingerprint density at radius 3 is 2.58 bits per heavy atom. The summed E-state index contributed by atoms with van der Waals surface area (Å²) >= 11 is 1.55. The van der Waals surface area contributed by atoms with Crippen molar-refractivity contribution in [3.05, 3.63) is 77.3 Å². The molecule has 0 aliphatic carbocycles. The van der Waals surface area contributed by atoms with Crippen molar-refractivity contribution < 1.29 is 19.4 Å². The number of carbonyl (C=O) groups excluding carboxylic acids is 2. The molecule has 2 aromatic carbocycles. The Morgan fingerprint density at radius 1 is 1.18 bits per heavy atom. The van der Waals surface area contributed by atoms with Crippen LogP contribution >= 0.6 is 11.3 Å². The quantitative estimate of drug-likeness (QED) is 0.387. The van der Waals surface area contributed by atoms with Crippen molar-refractivity contribution in [1.29, 1.82) is 0 Å². The number of carbonyl (C=O) groups is 2. The first kappa shape index (κ1) is 27.6. The SMILES string of the molecule is CC(C)(C)OC(=O)N(CCc1ccc(NC(=O)[C@@H]2CCCN2c2nccs2)cc1)C[C@H](O)c1ccccc1. The van der Waals surface area contributed by atoms with Crippen LogP contribution in [0.5, 0.6) is 0 Å². The second-order valence-electron chi connectivity index (χ2n) is 10.5. The van der Waals surface area contributed by atoms with Crippen LogP contribution in [-0.2, 0) is 16.0 Å². The molecule has 1 aromatic heterocycles. The summed E-state index contributed by atoms with van der Waals surface area (Å²) in [6.07, 6.45) is 2.83. The van der Waals surface area contributed by atoms with Gasteiger partial charge in [-0.15, -0.1) is 11.3 Å². The second kappa shape index (κ2) is 12.4. The Hall–Kier alpha value is -3.43. The molecule has 2 atom stereocenters. The van der Waals surface area contributed by atoms with Gasteiger partial charge in [-0.3, -0.25) is 4.79 Å². The first-order valence-electron chi connectivity index (χ1n) is 13.0. The molecule has 4 rings (SSSR count). The highest BCUT2D eigenvalue weighted by Crippen LogP contribution is 2.28. The number of rotatable bonds is 9. The van der Waals surface area contributed by atoms with Gasteiger partial charge in [0.1, 0.15) is 11.6 Å². The van der Waals surface area contributed by atoms with Gasteiger partial charge in [-0.1, -0.05) is 42.5 Å². The third-order valence-corrected chi connectivity index (χ3v) is 7.15. The van der Waals surface area contributed by atoms with E-state index in [1.165, 1.54) is 0 Å². The average Bonchev–Trinajstić information content (AvgIpc) is 3.59. The fourth-order valence-corrected chi connectivity index (χ4v) is 5.16. The molecule has 0 spiro atoms. The molecule has 0 unspecified atom stereocenters. The van der Waals surface area contributed by atoms with Crippen molar-refractivity contribution in [3.8, 4) is 0 Å². The second-order valence-corrected chi connectivity index (χ2v) is 11.3. The highest BCUT2D eigenvalue weighted by atomic mass is 32.1. The van der Waals surface area contributed by atoms with Crippen molar-refractivity contribution in [2.75, 3.05) is 29.9 Å². The molecule has 1 fully saturated rings. The van der Waals surface area contributed by atoms with Gasteiger partial charge in [0.2, 0.25) is 5.91 Å². The Morgan fingerprint density at radius 2 is 1.92 bits per heavy atom. The van der Waals surface area contributed by atoms with Gasteiger partial charge in [0.15, 0.2) is 5.13 Å². The predicted molar refractivity (Wildman–Crippen MR) is 150 cm³/mol. The molecule has 38 heavy (non-hydrogen) atoms. The molecule has 1 saturated heterocycles. The first-order chi connectivity index (χ1) is 18.2. The number of aliphatic hydroxyl groups excluding tert-OH is 1. The molecule has 3 aromatic rings. The number of anilines is 2. The number of amides is 2. The van der Waals surface area contributed by atoms with Crippen LogP contribution in [0.1, 0.15) is 50.8 Å². The van der Waals surface area contributed by atoms with E-state index in [0.29, 0.717) is 13.0 Å². The van der Waals surface area contributed by atoms with E-state index in [1.807, 2.05) is 80.7 Å². The Balaban J connectivity index is 1.36. The van der Waals surface area contributed by atoms with E-state index < -0.39 is 17.8 Å². The summed E-state index contributed by atoms with van der Waals surface area (Å²) in [5, 5.41) is 16.6. The zero-order chi connectivity index (χ0) is 27.1. The molecule has 0 saturated carbocycles. The molecular weight excluding hydrogens is 500 g/mol. The molecule has 0 radical (unpaired) electrons. The normalized spacial score (nSPS) is 16.2. The van der Waals surface area contributed by atoms with Gasteiger partial charge < -0.3 is 25.0 Å². The van der Waals surface area contributed by atoms with E-state index in [0.717, 1.165) is 41.3 Å². The van der Waals surface area contributed by atoms with Crippen molar-refractivity contribution in [1.82, 2.24) is 9.88 Å². The molecule has 0 bridgehead atoms. The fraction of sp³-hybridized carbons (Fsp3) is 0.414. The first-order valence-corrected chi connectivity index (χ1v) is 13.8. The smallest absolute Gasteiger partial charge is 0.410 e. The van der Waals surface area contributed by atoms with Crippen LogP contribution < -0.4 is 10.2 Å². The van der Waals surface area contributed by atoms with Crippen LogP contribution in [0, 0.1) is 0 Å². The number of aromatic nitrogens is 1. The summed E-state index contributed by atoms with van der Waals surface area (Å²) in [6.45, 7) is 6.82. The van der Waals surface area contributed by atoms with Gasteiger partial charge in [0, 0.05) is 30.4 Å². The largest absolute Gasteiger partial charge is 0.444 e. The predicted octanol–water partition coefficient (Wildman–Crippen LogP) is 5.26. The van der Waals surface area contributed by atoms with Gasteiger partial charge in [-0.25, -0.2) is 9.78 Å². The minimum Gasteiger partial charge on any atom is -0.444 e. The maximum atomic E-state index is 13.0. The highest BCUT2D eigenvalue weighted by molar-refractivity contribution is 7.13. The van der Waals surface area contributed by atoms with Crippen LogP contribution in [0.2, 0.25) is 0 Å². The number of nitrogens with one attached hydrogen (secondary N) is 1. The lowest BCUT2D eigenvalue weighted by molar-refractivity contribution is -0.117. The van der Waals surface area contributed by atoms with E-state index in [1.54, 1.807) is 22.4 Å². The zero-order valence-corrected chi connectivity index (χ0v) is 23.0. The number of ether oxygens (including phenoxy) is 1. The van der Waals surface area contributed by atoms with Crippen LogP contribution in [0.15, 0.2) is 66.2 Å². The van der Waals surface area contributed by atoms with Crippen LogP contribution in [-0.4, -0.2) is 58.3 Å². The Bertz CT molecular complexity index is 1180. The third-order valence-electron chi connectivity index (χ3n) is 6.34. The molecule has 8 nitrogen and oxygen atoms in total. The zero-order valence-electron chi connectivity index (χ0n) is 22.2. The van der Waals surface area contributed by atoms with E-state index in [-0.39, 0.29) is 18.5 Å². The van der Waals surface area contributed by atoms with Gasteiger partial charge in [-0.05, 0) is 63.3 Å². The summed E-state index contributed by atoms with van der Waals surface area (Å²) in [7, 11) is 0. The Kier molecular flexibility index (Phi) is 9.01. The molecule has 9 heteroatoms. The minimum absolute atomic E-state index is 0.0311. The minimum atomic E-state index is -0.819. The standard InChI is InChI=1S/C29H36N4O4S/c1-29(2,3)37-28(36)32(20-25(34)22-8-5-4-6-9-22)18-15-21-11-13-23(14-12-21)31-26(35)24-10-7-17-33(24)27-30-16-19-38-27/h4-6,8-9,11-14,16,19,24-25,34H,7,10,15,17-18,20H2,1-3H3,(H,31,35)/t24-,25-/m0/s1. The number of nitrogens with zero attached hydrogens (tertiary/aromatic N) is 3. The number of hydrogen-bond acceptors (Lipinski definition) is 7. The van der Waals surface area contributed by atoms with Gasteiger partial charge in [0.05, 0.1) is 12.6 Å². The van der Waals surface area contributed by atoms with E-state index >= 15 is 0 Å². The summed E-state index contributed by atoms with van der Waals surface area (Å²) in [6, 6.07) is 16.7. The molecule has 1 aliphatic rings. The molecule has 2 heterocycles. The van der Waals surface area contributed by atoms with Crippen LogP contribution in [0.25, 0.3) is 0 Å². The number of benzene rings is 2. The maximum Gasteiger partial charge on any atom is 0.410 e. The van der Waals surface area contributed by atoms with Gasteiger partial charge in [0.25, 0.3) is 0 Å². The lowest BCUT2D eigenvalue weighted by Crippen LogP contribution is -2.40. The van der Waals surface area contributed by atoms with Gasteiger partial charge in [-0.2, -0.15) is 0 Å². The highest BCUT2D eigenvalue weighted by Gasteiger charge is 2.32. The van der Waals surface area contributed by atoms with Crippen molar-refractivity contribution in [2.24, 2.45) is 0 Å². The summed E-state index contributed by atoms with van der Waals surface area (Å²) in [5.74, 6) is -0.0311. The summed E-state index contributed by atoms with van der Waals surface area (Å²) in [4.78, 5) is 33.9. The summed E-state index contributed by atoms with van der Waals surface area (Å²) in [5.41, 5.74) is 1.85. The average molecular weight is 537 g/mol. The van der Waals surface area contributed by atoms with Crippen molar-refractivity contribution >= 4 is 34.2 Å². The third kappa shape index (κ3) is 7.55. The van der Waals surface area contributed by atoms with E-state index in [9.17, 15) is 14.7 Å².